The zero-order valence-electron chi connectivity index (χ0n) is 11.9. The van der Waals surface area contributed by atoms with Crippen molar-refractivity contribution in [1.29, 1.82) is 0 Å². The zero-order chi connectivity index (χ0) is 14.9. The summed E-state index contributed by atoms with van der Waals surface area (Å²) in [5.74, 6) is -0.574. The molecule has 0 radical (unpaired) electrons. The van der Waals surface area contributed by atoms with Crippen molar-refractivity contribution in [1.82, 2.24) is 9.97 Å². The summed E-state index contributed by atoms with van der Waals surface area (Å²) in [6.07, 6.45) is 1.81. The number of aromatic carboxylic acids is 1. The van der Waals surface area contributed by atoms with Gasteiger partial charge in [0.25, 0.3) is 0 Å². The molecule has 5 nitrogen and oxygen atoms in total. The van der Waals surface area contributed by atoms with Crippen molar-refractivity contribution in [3.05, 3.63) is 39.0 Å². The molecule has 2 aromatic heterocycles. The second kappa shape index (κ2) is 5.58. The number of rotatable bonds is 4. The minimum absolute atomic E-state index is 0.0829. The lowest BCUT2D eigenvalue weighted by Gasteiger charge is -2.16. The Morgan fingerprint density at radius 3 is 2.65 bits per heavy atom. The van der Waals surface area contributed by atoms with Gasteiger partial charge >= 0.3 is 5.97 Å². The van der Waals surface area contributed by atoms with Crippen LogP contribution in [0.4, 0.5) is 5.82 Å². The number of anilines is 1. The molecule has 6 heteroatoms. The number of nitrogens with zero attached hydrogens (tertiary/aromatic N) is 2. The monoisotopic (exact) mass is 291 g/mol. The van der Waals surface area contributed by atoms with Crippen molar-refractivity contribution in [2.75, 3.05) is 5.32 Å². The molecule has 0 aliphatic carbocycles. The molecule has 2 rings (SSSR count). The van der Waals surface area contributed by atoms with E-state index >= 15 is 0 Å². The van der Waals surface area contributed by atoms with Gasteiger partial charge in [-0.25, -0.2) is 14.8 Å². The van der Waals surface area contributed by atoms with Gasteiger partial charge in [0, 0.05) is 16.8 Å². The van der Waals surface area contributed by atoms with Crippen LogP contribution in [0.1, 0.15) is 44.5 Å². The number of carbonyl (C=O) groups is 1. The summed E-state index contributed by atoms with van der Waals surface area (Å²) in [5, 5.41) is 13.4. The van der Waals surface area contributed by atoms with Crippen LogP contribution < -0.4 is 5.32 Å². The van der Waals surface area contributed by atoms with Crippen molar-refractivity contribution in [3.63, 3.8) is 0 Å². The van der Waals surface area contributed by atoms with Crippen molar-refractivity contribution in [2.45, 2.75) is 33.7 Å². The lowest BCUT2D eigenvalue weighted by Crippen LogP contribution is -2.14. The highest BCUT2D eigenvalue weighted by Crippen LogP contribution is 2.26. The van der Waals surface area contributed by atoms with Gasteiger partial charge in [0.1, 0.15) is 16.4 Å². The Morgan fingerprint density at radius 2 is 2.10 bits per heavy atom. The van der Waals surface area contributed by atoms with Crippen molar-refractivity contribution < 1.29 is 9.90 Å². The average Bonchev–Trinajstić information content (AvgIpc) is 2.74. The molecule has 0 amide bonds. The number of carboxylic acids is 1. The zero-order valence-corrected chi connectivity index (χ0v) is 12.7. The molecular formula is C14H17N3O2S. The molecule has 20 heavy (non-hydrogen) atoms. The number of nitrogens with one attached hydrogen (secondary N) is 1. The third kappa shape index (κ3) is 2.96. The van der Waals surface area contributed by atoms with Crippen LogP contribution in [0.15, 0.2) is 12.3 Å². The Morgan fingerprint density at radius 1 is 1.40 bits per heavy atom. The van der Waals surface area contributed by atoms with Crippen LogP contribution in [0.5, 0.6) is 0 Å². The summed E-state index contributed by atoms with van der Waals surface area (Å²) in [6.45, 7) is 7.57. The van der Waals surface area contributed by atoms with Gasteiger partial charge in [-0.15, -0.1) is 11.3 Å². The molecule has 0 aliphatic rings. The third-order valence-corrected chi connectivity index (χ3v) is 4.02. The molecule has 0 aromatic carbocycles. The van der Waals surface area contributed by atoms with Gasteiger partial charge in [0.05, 0.1) is 6.04 Å². The second-order valence-corrected chi connectivity index (χ2v) is 6.05. The fraction of sp³-hybridized carbons (Fsp3) is 0.357. The third-order valence-electron chi connectivity index (χ3n) is 2.92. The summed E-state index contributed by atoms with van der Waals surface area (Å²) in [6, 6.07) is 1.69. The van der Waals surface area contributed by atoms with E-state index in [1.807, 2.05) is 27.0 Å². The largest absolute Gasteiger partial charge is 0.478 e. The molecule has 1 unspecified atom stereocenters. The number of aromatic nitrogens is 2. The minimum atomic E-state index is -0.972. The van der Waals surface area contributed by atoms with E-state index in [1.54, 1.807) is 24.3 Å². The van der Waals surface area contributed by atoms with Crippen molar-refractivity contribution in [2.24, 2.45) is 0 Å². The summed E-state index contributed by atoms with van der Waals surface area (Å²) >= 11 is 1.59. The summed E-state index contributed by atoms with van der Waals surface area (Å²) in [5.41, 5.74) is 1.71. The first kappa shape index (κ1) is 14.5. The standard InChI is InChI=1S/C14H17N3O2S/c1-7-5-8(2)16-12(11(7)14(18)19)17-10(4)13-15-6-9(3)20-13/h5-6,10H,1-4H3,(H,16,17)(H,18,19). The first-order chi connectivity index (χ1) is 9.38. The van der Waals surface area contributed by atoms with E-state index in [9.17, 15) is 9.90 Å². The van der Waals surface area contributed by atoms with Crippen molar-refractivity contribution >= 4 is 23.1 Å². The molecule has 0 saturated carbocycles. The maximum absolute atomic E-state index is 11.4. The predicted octanol–water partition coefficient (Wildman–Crippen LogP) is 3.33. The molecule has 2 heterocycles. The molecule has 0 saturated heterocycles. The average molecular weight is 291 g/mol. The van der Waals surface area contributed by atoms with Gasteiger partial charge in [0.2, 0.25) is 0 Å². The van der Waals surface area contributed by atoms with Gasteiger partial charge in [-0.05, 0) is 39.3 Å². The minimum Gasteiger partial charge on any atom is -0.478 e. The Kier molecular flexibility index (Phi) is 4.04. The Balaban J connectivity index is 2.35. The number of hydrogen-bond donors (Lipinski definition) is 2. The number of thiazole rings is 1. The van der Waals surface area contributed by atoms with Crippen LogP contribution in [-0.2, 0) is 0 Å². The van der Waals surface area contributed by atoms with Gasteiger partial charge in [-0.1, -0.05) is 0 Å². The first-order valence-electron chi connectivity index (χ1n) is 6.29. The number of aryl methyl sites for hydroxylation is 3. The lowest BCUT2D eigenvalue weighted by atomic mass is 10.1. The number of hydrogen-bond acceptors (Lipinski definition) is 5. The second-order valence-electron chi connectivity index (χ2n) is 4.78. The van der Waals surface area contributed by atoms with E-state index in [1.165, 1.54) is 0 Å². The van der Waals surface area contributed by atoms with Crippen LogP contribution >= 0.6 is 11.3 Å². The molecule has 1 atom stereocenters. The fourth-order valence-corrected chi connectivity index (χ4v) is 2.83. The lowest BCUT2D eigenvalue weighted by molar-refractivity contribution is 0.0696. The molecule has 106 valence electrons. The van der Waals surface area contributed by atoms with Crippen LogP contribution in [-0.4, -0.2) is 21.0 Å². The Bertz CT molecular complexity index is 652. The van der Waals surface area contributed by atoms with E-state index < -0.39 is 5.97 Å². The normalized spacial score (nSPS) is 12.2. The van der Waals surface area contributed by atoms with Crippen LogP contribution in [0, 0.1) is 20.8 Å². The van der Waals surface area contributed by atoms with E-state index in [4.69, 9.17) is 0 Å². The summed E-state index contributed by atoms with van der Waals surface area (Å²) in [7, 11) is 0. The van der Waals surface area contributed by atoms with Crippen LogP contribution in [0.25, 0.3) is 0 Å². The van der Waals surface area contributed by atoms with E-state index in [2.05, 4.69) is 15.3 Å². The van der Waals surface area contributed by atoms with E-state index in [-0.39, 0.29) is 11.6 Å². The first-order valence-corrected chi connectivity index (χ1v) is 7.10. The quantitative estimate of drug-likeness (QED) is 0.903. The highest BCUT2D eigenvalue weighted by molar-refractivity contribution is 7.11. The Hall–Kier alpha value is -1.95. The maximum atomic E-state index is 11.4. The number of carboxylic acid groups (broad SMARTS) is 1. The van der Waals surface area contributed by atoms with E-state index in [0.717, 1.165) is 15.6 Å². The van der Waals surface area contributed by atoms with Crippen LogP contribution in [0.3, 0.4) is 0 Å². The molecule has 0 fully saturated rings. The highest BCUT2D eigenvalue weighted by Gasteiger charge is 2.18. The van der Waals surface area contributed by atoms with Gasteiger partial charge in [-0.3, -0.25) is 0 Å². The van der Waals surface area contributed by atoms with Crippen LogP contribution in [0.2, 0.25) is 0 Å². The van der Waals surface area contributed by atoms with Gasteiger partial charge in [-0.2, -0.15) is 0 Å². The van der Waals surface area contributed by atoms with Gasteiger partial charge in [0.15, 0.2) is 0 Å². The molecular weight excluding hydrogens is 274 g/mol. The SMILES string of the molecule is Cc1cc(C)c(C(=O)O)c(NC(C)c2ncc(C)s2)n1. The smallest absolute Gasteiger partial charge is 0.339 e. The molecule has 0 spiro atoms. The van der Waals surface area contributed by atoms with Gasteiger partial charge < -0.3 is 10.4 Å². The number of pyridine rings is 1. The summed E-state index contributed by atoms with van der Waals surface area (Å²) < 4.78 is 0. The molecule has 0 aliphatic heterocycles. The van der Waals surface area contributed by atoms with E-state index in [0.29, 0.717) is 11.4 Å². The molecule has 0 bridgehead atoms. The summed E-state index contributed by atoms with van der Waals surface area (Å²) in [4.78, 5) is 21.1. The highest BCUT2D eigenvalue weighted by atomic mass is 32.1. The maximum Gasteiger partial charge on any atom is 0.339 e. The fourth-order valence-electron chi connectivity index (χ4n) is 2.05. The Labute approximate surface area is 121 Å². The molecule has 2 N–H and O–H groups in total. The molecule has 2 aromatic rings. The van der Waals surface area contributed by atoms with Crippen molar-refractivity contribution in [3.8, 4) is 0 Å². The topological polar surface area (TPSA) is 75.1 Å². The predicted molar refractivity (Wildman–Crippen MR) is 79.6 cm³/mol.